The number of nitrogens with zero attached hydrogens (tertiary/aromatic N) is 4. The average molecular weight is 476 g/mol. The predicted octanol–water partition coefficient (Wildman–Crippen LogP) is 2.04. The molecular formula is C20H27F2N5O4S. The van der Waals surface area contributed by atoms with E-state index in [9.17, 15) is 27.1 Å². The summed E-state index contributed by atoms with van der Waals surface area (Å²) in [5, 5.41) is 14.1. The van der Waals surface area contributed by atoms with E-state index in [1.807, 2.05) is 0 Å². The molecule has 1 aliphatic heterocycles. The fourth-order valence-electron chi connectivity index (χ4n) is 4.44. The number of sulfonamides is 1. The van der Waals surface area contributed by atoms with Crippen molar-refractivity contribution >= 4 is 27.0 Å². The van der Waals surface area contributed by atoms with Crippen molar-refractivity contribution in [1.29, 1.82) is 0 Å². The van der Waals surface area contributed by atoms with Gasteiger partial charge >= 0.3 is 0 Å². The molecule has 3 heterocycles. The van der Waals surface area contributed by atoms with E-state index in [4.69, 9.17) is 5.48 Å². The molecule has 32 heavy (non-hydrogen) atoms. The standard InChI is InChI=1S/C20H27F2N5O4S/c1-20(29)7-3-4-15(20)27-17-12(10-14(16(21)22)18(27)28)11-23-19(25-17)24-13-5-8-26(9-6-13)32(2,30)31/h10-11,13,15-16,29H,3-9H2,1-2H3,(H,23,24,25)/t15-,20-/m1/s1/i1D3,16D. The van der Waals surface area contributed by atoms with Gasteiger partial charge in [-0.25, -0.2) is 26.5 Å². The molecule has 0 bridgehead atoms. The lowest BCUT2D eigenvalue weighted by atomic mass is 9.99. The Labute approximate surface area is 190 Å². The fourth-order valence-corrected chi connectivity index (χ4v) is 5.32. The second kappa shape index (κ2) is 8.31. The van der Waals surface area contributed by atoms with E-state index in [1.165, 1.54) is 10.5 Å². The summed E-state index contributed by atoms with van der Waals surface area (Å²) in [6.07, 6.45) is -0.945. The van der Waals surface area contributed by atoms with Crippen molar-refractivity contribution in [1.82, 2.24) is 18.8 Å². The summed E-state index contributed by atoms with van der Waals surface area (Å²) >= 11 is 0. The molecule has 2 atom stereocenters. The van der Waals surface area contributed by atoms with Crippen molar-refractivity contribution in [2.24, 2.45) is 0 Å². The molecule has 9 nitrogen and oxygen atoms in total. The van der Waals surface area contributed by atoms with Crippen LogP contribution in [-0.4, -0.2) is 63.4 Å². The zero-order valence-corrected chi connectivity index (χ0v) is 18.2. The van der Waals surface area contributed by atoms with E-state index in [1.54, 1.807) is 0 Å². The highest BCUT2D eigenvalue weighted by molar-refractivity contribution is 7.88. The molecule has 2 N–H and O–H groups in total. The second-order valence-electron chi connectivity index (χ2n) is 8.38. The van der Waals surface area contributed by atoms with Gasteiger partial charge in [-0.2, -0.15) is 4.98 Å². The molecule has 0 radical (unpaired) electrons. The summed E-state index contributed by atoms with van der Waals surface area (Å²) in [6.45, 7) is -2.34. The Bertz CT molecular complexity index is 1330. The van der Waals surface area contributed by atoms with Crippen molar-refractivity contribution in [2.45, 2.75) is 63.0 Å². The molecule has 0 spiro atoms. The van der Waals surface area contributed by atoms with E-state index < -0.39 is 46.0 Å². The number of anilines is 1. The lowest BCUT2D eigenvalue weighted by Crippen LogP contribution is -2.42. The average Bonchev–Trinajstić information content (AvgIpc) is 3.15. The van der Waals surface area contributed by atoms with Crippen molar-refractivity contribution in [3.63, 3.8) is 0 Å². The second-order valence-corrected chi connectivity index (χ2v) is 10.4. The van der Waals surface area contributed by atoms with Gasteiger partial charge in [-0.3, -0.25) is 9.36 Å². The first-order chi connectivity index (χ1) is 16.5. The maximum Gasteiger partial charge on any atom is 0.269 e. The van der Waals surface area contributed by atoms with E-state index in [2.05, 4.69) is 15.3 Å². The monoisotopic (exact) mass is 475 g/mol. The molecule has 2 aliphatic rings. The van der Waals surface area contributed by atoms with Crippen LogP contribution in [0.15, 0.2) is 17.1 Å². The molecule has 2 aromatic rings. The number of aromatic nitrogens is 3. The minimum absolute atomic E-state index is 0.0197. The van der Waals surface area contributed by atoms with Gasteiger partial charge in [0.25, 0.3) is 12.0 Å². The SMILES string of the molecule is [2H]C(F)(F)c1cc2cnc(NC3CCN(S(C)(=O)=O)CC3)nc2n([C@@H]2CCC[C@]2(O)C([2H])([2H])[2H])c1=O. The molecule has 2 aromatic heterocycles. The maximum absolute atomic E-state index is 14.0. The van der Waals surface area contributed by atoms with Crippen LogP contribution in [0.4, 0.5) is 14.7 Å². The Morgan fingerprint density at radius 2 is 2.09 bits per heavy atom. The number of halogens is 2. The summed E-state index contributed by atoms with van der Waals surface area (Å²) < 4.78 is 84.2. The van der Waals surface area contributed by atoms with E-state index in [0.717, 1.165) is 16.9 Å². The summed E-state index contributed by atoms with van der Waals surface area (Å²) in [4.78, 5) is 21.6. The number of hydrogen-bond donors (Lipinski definition) is 2. The number of rotatable bonds is 5. The fraction of sp³-hybridized carbons (Fsp3) is 0.650. The van der Waals surface area contributed by atoms with E-state index in [0.29, 0.717) is 12.8 Å². The maximum atomic E-state index is 14.0. The lowest BCUT2D eigenvalue weighted by molar-refractivity contribution is 0.0261. The van der Waals surface area contributed by atoms with Crippen molar-refractivity contribution in [3.05, 3.63) is 28.2 Å². The van der Waals surface area contributed by atoms with Gasteiger partial charge in [0.2, 0.25) is 16.0 Å². The third-order valence-electron chi connectivity index (χ3n) is 6.13. The number of fused-ring (bicyclic) bond motifs is 1. The Hall–Kier alpha value is -2.18. The van der Waals surface area contributed by atoms with Gasteiger partial charge in [0, 0.05) is 34.8 Å². The van der Waals surface area contributed by atoms with Gasteiger partial charge in [0.15, 0.2) is 0 Å². The van der Waals surface area contributed by atoms with Gasteiger partial charge < -0.3 is 10.4 Å². The summed E-state index contributed by atoms with van der Waals surface area (Å²) in [7, 11) is -3.32. The van der Waals surface area contributed by atoms with Crippen LogP contribution in [0.25, 0.3) is 11.0 Å². The third-order valence-corrected chi connectivity index (χ3v) is 7.43. The number of pyridine rings is 1. The smallest absolute Gasteiger partial charge is 0.269 e. The van der Waals surface area contributed by atoms with Gasteiger partial charge in [0.05, 0.1) is 23.5 Å². The minimum atomic E-state index is -4.27. The van der Waals surface area contributed by atoms with Crippen LogP contribution in [0.3, 0.4) is 0 Å². The van der Waals surface area contributed by atoms with Gasteiger partial charge in [0.1, 0.15) is 7.02 Å². The number of nitrogens with one attached hydrogen (secondary N) is 1. The number of hydrogen-bond acceptors (Lipinski definition) is 7. The Kier molecular flexibility index (Phi) is 4.74. The summed E-state index contributed by atoms with van der Waals surface area (Å²) in [5.41, 5.74) is -4.97. The van der Waals surface area contributed by atoms with Crippen molar-refractivity contribution in [2.75, 3.05) is 24.7 Å². The molecule has 1 aliphatic carbocycles. The van der Waals surface area contributed by atoms with Crippen molar-refractivity contribution < 1.29 is 27.8 Å². The summed E-state index contributed by atoms with van der Waals surface area (Å²) in [6, 6.07) is -0.773. The zero-order valence-electron chi connectivity index (χ0n) is 21.4. The first kappa shape index (κ1) is 18.3. The molecule has 2 fully saturated rings. The minimum Gasteiger partial charge on any atom is -0.388 e. The molecule has 176 valence electrons. The number of alkyl halides is 2. The lowest BCUT2D eigenvalue weighted by Gasteiger charge is -2.31. The molecule has 12 heteroatoms. The largest absolute Gasteiger partial charge is 0.388 e. The first-order valence-electron chi connectivity index (χ1n) is 12.3. The molecule has 0 amide bonds. The van der Waals surface area contributed by atoms with Gasteiger partial charge in [-0.1, -0.05) is 0 Å². The Morgan fingerprint density at radius 3 is 2.72 bits per heavy atom. The Balaban J connectivity index is 1.78. The van der Waals surface area contributed by atoms with Crippen LogP contribution < -0.4 is 10.9 Å². The van der Waals surface area contributed by atoms with Crippen LogP contribution in [0, 0.1) is 0 Å². The first-order valence-corrected chi connectivity index (χ1v) is 12.1. The molecule has 4 rings (SSSR count). The van der Waals surface area contributed by atoms with Gasteiger partial charge in [-0.15, -0.1) is 0 Å². The van der Waals surface area contributed by atoms with Gasteiger partial charge in [-0.05, 0) is 45.0 Å². The third kappa shape index (κ3) is 4.35. The van der Waals surface area contributed by atoms with E-state index >= 15 is 0 Å². The highest BCUT2D eigenvalue weighted by atomic mass is 32.2. The number of aliphatic hydroxyl groups is 1. The highest BCUT2D eigenvalue weighted by Crippen LogP contribution is 2.39. The molecule has 0 unspecified atom stereocenters. The zero-order chi connectivity index (χ0) is 26.7. The molecule has 1 saturated carbocycles. The van der Waals surface area contributed by atoms with Crippen LogP contribution in [0.2, 0.25) is 0 Å². The van der Waals surface area contributed by atoms with Crippen LogP contribution in [-0.2, 0) is 10.0 Å². The molecular weight excluding hydrogens is 444 g/mol. The summed E-state index contributed by atoms with van der Waals surface area (Å²) in [5.74, 6) is 0.0364. The van der Waals surface area contributed by atoms with Crippen LogP contribution >= 0.6 is 0 Å². The molecule has 0 aromatic carbocycles. The number of piperidine rings is 1. The van der Waals surface area contributed by atoms with Crippen molar-refractivity contribution in [3.8, 4) is 0 Å². The topological polar surface area (TPSA) is 117 Å². The van der Waals surface area contributed by atoms with Crippen LogP contribution in [0.5, 0.6) is 0 Å². The van der Waals surface area contributed by atoms with E-state index in [-0.39, 0.29) is 55.4 Å². The quantitative estimate of drug-likeness (QED) is 0.680. The van der Waals surface area contributed by atoms with Crippen LogP contribution in [0.1, 0.15) is 62.4 Å². The normalized spacial score (nSPS) is 28.2. The highest BCUT2D eigenvalue weighted by Gasteiger charge is 2.40. The molecule has 1 saturated heterocycles. The predicted molar refractivity (Wildman–Crippen MR) is 115 cm³/mol. The Morgan fingerprint density at radius 1 is 1.38 bits per heavy atom.